The topological polar surface area (TPSA) is 63.4 Å². The molecule has 176 valence electrons. The number of halogens is 3. The highest BCUT2D eigenvalue weighted by atomic mass is 35.5. The number of anilines is 1. The average Bonchev–Trinajstić information content (AvgIpc) is 3.27. The predicted octanol–water partition coefficient (Wildman–Crippen LogP) is 4.48. The van der Waals surface area contributed by atoms with Crippen molar-refractivity contribution in [1.82, 2.24) is 14.8 Å². The van der Waals surface area contributed by atoms with Crippen molar-refractivity contribution in [1.29, 1.82) is 0 Å². The van der Waals surface area contributed by atoms with Gasteiger partial charge in [-0.25, -0.2) is 18.4 Å². The molecule has 0 amide bonds. The summed E-state index contributed by atoms with van der Waals surface area (Å²) >= 11 is 6.08. The Labute approximate surface area is 196 Å². The Balaban J connectivity index is 1.49. The highest BCUT2D eigenvalue weighted by Gasteiger charge is 2.41. The zero-order valence-electron chi connectivity index (χ0n) is 18.6. The molecule has 1 fully saturated rings. The van der Waals surface area contributed by atoms with Crippen LogP contribution in [-0.4, -0.2) is 45.2 Å². The third kappa shape index (κ3) is 5.18. The minimum atomic E-state index is -1.77. The molecule has 33 heavy (non-hydrogen) atoms. The molecule has 0 saturated carbocycles. The predicted molar refractivity (Wildman–Crippen MR) is 122 cm³/mol. The Morgan fingerprint density at radius 2 is 1.97 bits per heavy atom. The van der Waals surface area contributed by atoms with Crippen molar-refractivity contribution in [3.63, 3.8) is 0 Å². The summed E-state index contributed by atoms with van der Waals surface area (Å²) in [6, 6.07) is 9.01. The Kier molecular flexibility index (Phi) is 6.97. The van der Waals surface area contributed by atoms with Gasteiger partial charge in [-0.05, 0) is 56.5 Å². The highest BCUT2D eigenvalue weighted by Crippen LogP contribution is 2.34. The first-order valence-corrected chi connectivity index (χ1v) is 11.3. The van der Waals surface area contributed by atoms with Crippen LogP contribution in [0.1, 0.15) is 30.9 Å². The van der Waals surface area contributed by atoms with Gasteiger partial charge in [0.1, 0.15) is 29.9 Å². The van der Waals surface area contributed by atoms with Gasteiger partial charge < -0.3 is 14.7 Å². The van der Waals surface area contributed by atoms with Crippen LogP contribution in [0.5, 0.6) is 0 Å². The van der Waals surface area contributed by atoms with Crippen LogP contribution in [0.4, 0.5) is 14.5 Å². The molecule has 9 heteroatoms. The van der Waals surface area contributed by atoms with E-state index in [1.807, 2.05) is 25.1 Å². The Hall–Kier alpha value is -2.55. The number of aliphatic hydroxyl groups is 1. The zero-order chi connectivity index (χ0) is 23.6. The maximum atomic E-state index is 14.7. The summed E-state index contributed by atoms with van der Waals surface area (Å²) in [5.41, 5.74) is 0.447. The number of aryl methyl sites for hydroxylation is 1. The summed E-state index contributed by atoms with van der Waals surface area (Å²) < 4.78 is 35.9. The number of hydrogen-bond donors (Lipinski definition) is 1. The zero-order valence-corrected chi connectivity index (χ0v) is 19.3. The van der Waals surface area contributed by atoms with Crippen molar-refractivity contribution in [2.75, 3.05) is 18.0 Å². The molecule has 0 spiro atoms. The normalized spacial score (nSPS) is 17.7. The SMILES string of the molecule is Cc1cc(Cl)ccc1N1CCC(O[C@H](C)[C@](O)(Cn2cncn2)c2ccc(F)cc2F)CC1. The van der Waals surface area contributed by atoms with Crippen LogP contribution in [-0.2, 0) is 16.9 Å². The average molecular weight is 477 g/mol. The third-order valence-electron chi connectivity index (χ3n) is 6.28. The number of benzene rings is 2. The van der Waals surface area contributed by atoms with Gasteiger partial charge in [-0.15, -0.1) is 0 Å². The number of rotatable bonds is 7. The minimum Gasteiger partial charge on any atom is -0.380 e. The largest absolute Gasteiger partial charge is 0.380 e. The maximum absolute atomic E-state index is 14.7. The van der Waals surface area contributed by atoms with Crippen molar-refractivity contribution in [3.05, 3.63) is 76.8 Å². The van der Waals surface area contributed by atoms with Gasteiger partial charge in [-0.3, -0.25) is 0 Å². The molecule has 1 aliphatic rings. The van der Waals surface area contributed by atoms with Crippen LogP contribution >= 0.6 is 11.6 Å². The molecule has 3 aromatic rings. The summed E-state index contributed by atoms with van der Waals surface area (Å²) in [5, 5.41) is 16.4. The van der Waals surface area contributed by atoms with E-state index in [4.69, 9.17) is 16.3 Å². The molecule has 1 aromatic heterocycles. The second-order valence-corrected chi connectivity index (χ2v) is 8.97. The van der Waals surface area contributed by atoms with Gasteiger partial charge in [0.05, 0.1) is 18.8 Å². The van der Waals surface area contributed by atoms with Crippen LogP contribution in [0, 0.1) is 18.6 Å². The van der Waals surface area contributed by atoms with E-state index in [1.54, 1.807) is 6.92 Å². The molecule has 2 atom stereocenters. The fourth-order valence-electron chi connectivity index (χ4n) is 4.44. The van der Waals surface area contributed by atoms with E-state index in [2.05, 4.69) is 15.0 Å². The van der Waals surface area contributed by atoms with Gasteiger partial charge in [0, 0.05) is 35.4 Å². The molecule has 2 aromatic carbocycles. The molecule has 0 radical (unpaired) electrons. The minimum absolute atomic E-state index is 0.0406. The lowest BCUT2D eigenvalue weighted by atomic mass is 9.87. The van der Waals surface area contributed by atoms with E-state index >= 15 is 0 Å². The number of nitrogens with zero attached hydrogens (tertiary/aromatic N) is 4. The van der Waals surface area contributed by atoms with Crippen LogP contribution in [0.15, 0.2) is 49.1 Å². The molecule has 1 N–H and O–H groups in total. The van der Waals surface area contributed by atoms with Crippen molar-refractivity contribution < 1.29 is 18.6 Å². The lowest BCUT2D eigenvalue weighted by molar-refractivity contribution is -0.145. The van der Waals surface area contributed by atoms with Crippen LogP contribution in [0.3, 0.4) is 0 Å². The molecule has 2 heterocycles. The fraction of sp³-hybridized carbons (Fsp3) is 0.417. The first kappa shape index (κ1) is 23.6. The molecule has 6 nitrogen and oxygen atoms in total. The van der Waals surface area contributed by atoms with Crippen molar-refractivity contribution >= 4 is 17.3 Å². The van der Waals surface area contributed by atoms with E-state index < -0.39 is 23.3 Å². The summed E-state index contributed by atoms with van der Waals surface area (Å²) in [6.07, 6.45) is 3.37. The van der Waals surface area contributed by atoms with Gasteiger partial charge >= 0.3 is 0 Å². The molecular weight excluding hydrogens is 450 g/mol. The monoisotopic (exact) mass is 476 g/mol. The van der Waals surface area contributed by atoms with Crippen molar-refractivity contribution in [2.24, 2.45) is 0 Å². The highest BCUT2D eigenvalue weighted by molar-refractivity contribution is 6.30. The molecular formula is C24H27ClF2N4O2. The van der Waals surface area contributed by atoms with Crippen molar-refractivity contribution in [3.8, 4) is 0 Å². The number of piperidine rings is 1. The molecule has 0 bridgehead atoms. The smallest absolute Gasteiger partial charge is 0.138 e. The number of aromatic nitrogens is 3. The van der Waals surface area contributed by atoms with Crippen molar-refractivity contribution in [2.45, 2.75) is 51.0 Å². The van der Waals surface area contributed by atoms with Gasteiger partial charge in [0.2, 0.25) is 0 Å². The van der Waals surface area contributed by atoms with Gasteiger partial charge in [-0.2, -0.15) is 5.10 Å². The van der Waals surface area contributed by atoms with Crippen LogP contribution in [0.25, 0.3) is 0 Å². The maximum Gasteiger partial charge on any atom is 0.138 e. The molecule has 1 aliphatic heterocycles. The summed E-state index contributed by atoms with van der Waals surface area (Å²) in [5.74, 6) is -1.54. The van der Waals surface area contributed by atoms with E-state index in [9.17, 15) is 13.9 Å². The number of ether oxygens (including phenoxy) is 1. The summed E-state index contributed by atoms with van der Waals surface area (Å²) in [6.45, 7) is 5.22. The van der Waals surface area contributed by atoms with E-state index in [-0.39, 0.29) is 18.2 Å². The van der Waals surface area contributed by atoms with Crippen LogP contribution < -0.4 is 4.90 Å². The third-order valence-corrected chi connectivity index (χ3v) is 6.51. The first-order chi connectivity index (χ1) is 15.8. The lowest BCUT2D eigenvalue weighted by Crippen LogP contribution is -2.47. The van der Waals surface area contributed by atoms with Gasteiger partial charge in [0.25, 0.3) is 0 Å². The number of hydrogen-bond acceptors (Lipinski definition) is 5. The first-order valence-electron chi connectivity index (χ1n) is 10.9. The molecule has 1 saturated heterocycles. The molecule has 0 aliphatic carbocycles. The Bertz CT molecular complexity index is 1090. The molecule has 0 unspecified atom stereocenters. The lowest BCUT2D eigenvalue weighted by Gasteiger charge is -2.40. The molecule has 4 rings (SSSR count). The summed E-state index contributed by atoms with van der Waals surface area (Å²) in [7, 11) is 0. The summed E-state index contributed by atoms with van der Waals surface area (Å²) in [4.78, 5) is 6.18. The Morgan fingerprint density at radius 1 is 1.21 bits per heavy atom. The van der Waals surface area contributed by atoms with E-state index in [1.165, 1.54) is 23.4 Å². The van der Waals surface area contributed by atoms with Gasteiger partial charge in [0.15, 0.2) is 0 Å². The standard InChI is InChI=1S/C24H27ClF2N4O2/c1-16-11-18(25)3-6-23(16)30-9-7-20(8-10-30)33-17(2)24(32,13-31-15-28-14-29-31)21-5-4-19(26)12-22(21)27/h3-6,11-12,14-15,17,20,32H,7-10,13H2,1-2H3/t17-,24-/m1/s1. The quantitative estimate of drug-likeness (QED) is 0.544. The van der Waals surface area contributed by atoms with E-state index in [0.717, 1.165) is 49.3 Å². The van der Waals surface area contributed by atoms with Crippen LogP contribution in [0.2, 0.25) is 5.02 Å². The second-order valence-electron chi connectivity index (χ2n) is 8.54. The fourth-order valence-corrected chi connectivity index (χ4v) is 4.67. The Morgan fingerprint density at radius 3 is 2.61 bits per heavy atom. The van der Waals surface area contributed by atoms with E-state index in [0.29, 0.717) is 5.02 Å². The second kappa shape index (κ2) is 9.75. The van der Waals surface area contributed by atoms with Gasteiger partial charge in [-0.1, -0.05) is 17.7 Å².